The highest BCUT2D eigenvalue weighted by molar-refractivity contribution is 5.46. The van der Waals surface area contributed by atoms with E-state index in [4.69, 9.17) is 5.73 Å². The van der Waals surface area contributed by atoms with E-state index in [0.717, 1.165) is 24.1 Å². The summed E-state index contributed by atoms with van der Waals surface area (Å²) in [5, 5.41) is 0. The van der Waals surface area contributed by atoms with Crippen molar-refractivity contribution in [3.63, 3.8) is 0 Å². The van der Waals surface area contributed by atoms with Crippen LogP contribution < -0.4 is 5.73 Å². The summed E-state index contributed by atoms with van der Waals surface area (Å²) in [6.07, 6.45) is 8.17. The van der Waals surface area contributed by atoms with E-state index < -0.39 is 0 Å². The van der Waals surface area contributed by atoms with E-state index in [9.17, 15) is 0 Å². The summed E-state index contributed by atoms with van der Waals surface area (Å²) in [6, 6.07) is 9.20. The first kappa shape index (κ1) is 12.0. The Labute approximate surface area is 110 Å². The van der Waals surface area contributed by atoms with Crippen molar-refractivity contribution in [2.24, 2.45) is 5.92 Å². The van der Waals surface area contributed by atoms with Crippen molar-refractivity contribution in [3.8, 4) is 0 Å². The standard InChI is InChI=1S/C16H24N2/c17-16-6-2-1-4-14(16)5-3-11-18(15-9-10-15)12-13-7-8-13/h1-2,4,6,13,15H,3,5,7-12,17H2. The number of anilines is 1. The van der Waals surface area contributed by atoms with E-state index in [-0.39, 0.29) is 0 Å². The van der Waals surface area contributed by atoms with E-state index in [1.807, 2.05) is 12.1 Å². The minimum absolute atomic E-state index is 0.915. The lowest BCUT2D eigenvalue weighted by atomic mass is 10.1. The van der Waals surface area contributed by atoms with E-state index in [2.05, 4.69) is 17.0 Å². The van der Waals surface area contributed by atoms with Crippen molar-refractivity contribution in [2.45, 2.75) is 44.6 Å². The average molecular weight is 244 g/mol. The minimum Gasteiger partial charge on any atom is -0.399 e. The number of nitrogens with zero attached hydrogens (tertiary/aromatic N) is 1. The number of aryl methyl sites for hydroxylation is 1. The van der Waals surface area contributed by atoms with Crippen molar-refractivity contribution < 1.29 is 0 Å². The van der Waals surface area contributed by atoms with E-state index >= 15 is 0 Å². The van der Waals surface area contributed by atoms with E-state index in [0.29, 0.717) is 0 Å². The highest BCUT2D eigenvalue weighted by Gasteiger charge is 2.32. The molecular formula is C16H24N2. The van der Waals surface area contributed by atoms with Gasteiger partial charge >= 0.3 is 0 Å². The van der Waals surface area contributed by atoms with Crippen LogP contribution in [0.15, 0.2) is 24.3 Å². The zero-order valence-corrected chi connectivity index (χ0v) is 11.1. The number of benzene rings is 1. The van der Waals surface area contributed by atoms with Crippen molar-refractivity contribution >= 4 is 5.69 Å². The molecular weight excluding hydrogens is 220 g/mol. The SMILES string of the molecule is Nc1ccccc1CCCN(CC1CC1)C1CC1. The molecule has 0 unspecified atom stereocenters. The average Bonchev–Trinajstić information content (AvgIpc) is 3.24. The molecule has 0 spiro atoms. The number of rotatable bonds is 7. The maximum atomic E-state index is 5.99. The summed E-state index contributed by atoms with van der Waals surface area (Å²) in [7, 11) is 0. The van der Waals surface area contributed by atoms with Gasteiger partial charge < -0.3 is 10.6 Å². The molecule has 2 fully saturated rings. The van der Waals surface area contributed by atoms with Crippen LogP contribution in [0.1, 0.15) is 37.7 Å². The molecule has 0 saturated heterocycles. The molecule has 2 saturated carbocycles. The second-order valence-corrected chi connectivity index (χ2v) is 5.97. The molecule has 2 aliphatic rings. The number of nitrogen functional groups attached to an aromatic ring is 1. The molecule has 1 aromatic rings. The number of hydrogen-bond acceptors (Lipinski definition) is 2. The van der Waals surface area contributed by atoms with Crippen molar-refractivity contribution in [1.29, 1.82) is 0 Å². The molecule has 0 aromatic heterocycles. The Morgan fingerprint density at radius 2 is 1.89 bits per heavy atom. The topological polar surface area (TPSA) is 29.3 Å². The molecule has 0 aliphatic heterocycles. The van der Waals surface area contributed by atoms with Gasteiger partial charge in [-0.3, -0.25) is 0 Å². The van der Waals surface area contributed by atoms with Crippen LogP contribution in [0.4, 0.5) is 5.69 Å². The first-order valence-corrected chi connectivity index (χ1v) is 7.40. The second-order valence-electron chi connectivity index (χ2n) is 5.97. The Kier molecular flexibility index (Phi) is 3.55. The predicted molar refractivity (Wildman–Crippen MR) is 76.5 cm³/mol. The first-order chi connectivity index (χ1) is 8.83. The van der Waals surface area contributed by atoms with Gasteiger partial charge in [0.1, 0.15) is 0 Å². The van der Waals surface area contributed by atoms with Gasteiger partial charge in [0.25, 0.3) is 0 Å². The first-order valence-electron chi connectivity index (χ1n) is 7.40. The van der Waals surface area contributed by atoms with Crippen LogP contribution in [-0.2, 0) is 6.42 Å². The molecule has 1 aromatic carbocycles. The highest BCUT2D eigenvalue weighted by atomic mass is 15.2. The smallest absolute Gasteiger partial charge is 0.0346 e. The van der Waals surface area contributed by atoms with Crippen LogP contribution in [0.5, 0.6) is 0 Å². The van der Waals surface area contributed by atoms with Gasteiger partial charge in [-0.1, -0.05) is 18.2 Å². The summed E-state index contributed by atoms with van der Waals surface area (Å²) < 4.78 is 0. The zero-order valence-electron chi connectivity index (χ0n) is 11.1. The van der Waals surface area contributed by atoms with Gasteiger partial charge in [0, 0.05) is 18.3 Å². The van der Waals surface area contributed by atoms with E-state index in [1.54, 1.807) is 0 Å². The van der Waals surface area contributed by atoms with Crippen molar-refractivity contribution in [3.05, 3.63) is 29.8 Å². The number of nitrogens with two attached hydrogens (primary N) is 1. The highest BCUT2D eigenvalue weighted by Crippen LogP contribution is 2.34. The molecule has 2 nitrogen and oxygen atoms in total. The molecule has 2 N–H and O–H groups in total. The van der Waals surface area contributed by atoms with Gasteiger partial charge in [-0.25, -0.2) is 0 Å². The Hall–Kier alpha value is -1.02. The lowest BCUT2D eigenvalue weighted by molar-refractivity contribution is 0.250. The van der Waals surface area contributed by atoms with Crippen LogP contribution in [-0.4, -0.2) is 24.0 Å². The molecule has 2 heteroatoms. The summed E-state index contributed by atoms with van der Waals surface area (Å²) in [4.78, 5) is 2.73. The van der Waals surface area contributed by atoms with Gasteiger partial charge in [-0.2, -0.15) is 0 Å². The lowest BCUT2D eigenvalue weighted by Crippen LogP contribution is -2.29. The molecule has 0 bridgehead atoms. The predicted octanol–water partition coefficient (Wildman–Crippen LogP) is 3.08. The monoisotopic (exact) mass is 244 g/mol. The Bertz CT molecular complexity index is 394. The fraction of sp³-hybridized carbons (Fsp3) is 0.625. The van der Waals surface area contributed by atoms with Gasteiger partial charge in [-0.15, -0.1) is 0 Å². The van der Waals surface area contributed by atoms with Gasteiger partial charge in [0.15, 0.2) is 0 Å². The van der Waals surface area contributed by atoms with Gasteiger partial charge in [-0.05, 0) is 62.6 Å². The maximum absolute atomic E-state index is 5.99. The summed E-state index contributed by atoms with van der Waals surface area (Å²) in [5.74, 6) is 1.02. The molecule has 0 heterocycles. The van der Waals surface area contributed by atoms with Crippen molar-refractivity contribution in [1.82, 2.24) is 4.90 Å². The summed E-state index contributed by atoms with van der Waals surface area (Å²) in [6.45, 7) is 2.62. The third-order valence-electron chi connectivity index (χ3n) is 4.20. The third-order valence-corrected chi connectivity index (χ3v) is 4.20. The maximum Gasteiger partial charge on any atom is 0.0346 e. The largest absolute Gasteiger partial charge is 0.399 e. The van der Waals surface area contributed by atoms with Crippen LogP contribution in [0.3, 0.4) is 0 Å². The second kappa shape index (κ2) is 5.31. The Morgan fingerprint density at radius 3 is 2.56 bits per heavy atom. The molecule has 0 radical (unpaired) electrons. The number of para-hydroxylation sites is 1. The van der Waals surface area contributed by atoms with Crippen LogP contribution >= 0.6 is 0 Å². The van der Waals surface area contributed by atoms with Crippen LogP contribution in [0.25, 0.3) is 0 Å². The van der Waals surface area contributed by atoms with Gasteiger partial charge in [0.05, 0.1) is 0 Å². The molecule has 0 atom stereocenters. The Morgan fingerprint density at radius 1 is 1.11 bits per heavy atom. The zero-order chi connectivity index (χ0) is 12.4. The molecule has 98 valence electrons. The van der Waals surface area contributed by atoms with Crippen LogP contribution in [0.2, 0.25) is 0 Å². The van der Waals surface area contributed by atoms with E-state index in [1.165, 1.54) is 50.8 Å². The lowest BCUT2D eigenvalue weighted by Gasteiger charge is -2.21. The molecule has 18 heavy (non-hydrogen) atoms. The van der Waals surface area contributed by atoms with Crippen LogP contribution in [0, 0.1) is 5.92 Å². The number of hydrogen-bond donors (Lipinski definition) is 1. The molecule has 3 rings (SSSR count). The fourth-order valence-electron chi connectivity index (χ4n) is 2.73. The summed E-state index contributed by atoms with van der Waals surface area (Å²) in [5.41, 5.74) is 8.26. The third kappa shape index (κ3) is 3.26. The quantitative estimate of drug-likeness (QED) is 0.747. The fourth-order valence-corrected chi connectivity index (χ4v) is 2.73. The molecule has 0 amide bonds. The Balaban J connectivity index is 1.46. The minimum atomic E-state index is 0.915. The molecule has 2 aliphatic carbocycles. The summed E-state index contributed by atoms with van der Waals surface area (Å²) >= 11 is 0. The normalized spacial score (nSPS) is 19.4. The van der Waals surface area contributed by atoms with Crippen molar-refractivity contribution in [2.75, 3.05) is 18.8 Å². The van der Waals surface area contributed by atoms with Gasteiger partial charge in [0.2, 0.25) is 0 Å².